The molecule has 20 heavy (non-hydrogen) atoms. The molecule has 0 saturated carbocycles. The molecule has 0 aliphatic carbocycles. The molecule has 1 amide bonds. The fourth-order valence-electron chi connectivity index (χ4n) is 2.42. The smallest absolute Gasteiger partial charge is 0.289 e. The van der Waals surface area contributed by atoms with E-state index in [1.165, 1.54) is 0 Å². The van der Waals surface area contributed by atoms with Gasteiger partial charge in [0.2, 0.25) is 0 Å². The van der Waals surface area contributed by atoms with Crippen LogP contribution in [0.1, 0.15) is 16.1 Å². The third kappa shape index (κ3) is 2.53. The SMILES string of the molecule is Cc1ccc2oc(C(=O)N3CCOC(CCl)C3)cc2c1. The zero-order valence-electron chi connectivity index (χ0n) is 11.3. The van der Waals surface area contributed by atoms with Crippen LogP contribution in [0.3, 0.4) is 0 Å². The van der Waals surface area contributed by atoms with Crippen LogP contribution >= 0.6 is 11.6 Å². The Balaban J connectivity index is 1.84. The van der Waals surface area contributed by atoms with Crippen molar-refractivity contribution in [3.63, 3.8) is 0 Å². The fraction of sp³-hybridized carbons (Fsp3) is 0.400. The second-order valence-electron chi connectivity index (χ2n) is 5.05. The molecule has 1 aromatic carbocycles. The van der Waals surface area contributed by atoms with E-state index < -0.39 is 0 Å². The number of alkyl halides is 1. The number of carbonyl (C=O) groups is 1. The quantitative estimate of drug-likeness (QED) is 0.800. The summed E-state index contributed by atoms with van der Waals surface area (Å²) in [7, 11) is 0. The van der Waals surface area contributed by atoms with Crippen LogP contribution in [-0.4, -0.2) is 42.5 Å². The number of nitrogens with zero attached hydrogens (tertiary/aromatic N) is 1. The summed E-state index contributed by atoms with van der Waals surface area (Å²) in [6.45, 7) is 3.62. The van der Waals surface area contributed by atoms with Crippen LogP contribution in [0.25, 0.3) is 11.0 Å². The van der Waals surface area contributed by atoms with E-state index in [2.05, 4.69) is 0 Å². The molecule has 1 atom stereocenters. The molecule has 1 aliphatic heterocycles. The zero-order chi connectivity index (χ0) is 14.1. The van der Waals surface area contributed by atoms with Gasteiger partial charge in [-0.3, -0.25) is 4.79 Å². The lowest BCUT2D eigenvalue weighted by Crippen LogP contribution is -2.46. The van der Waals surface area contributed by atoms with Crippen molar-refractivity contribution in [1.82, 2.24) is 4.90 Å². The molecule has 1 unspecified atom stereocenters. The monoisotopic (exact) mass is 293 g/mol. The number of fused-ring (bicyclic) bond motifs is 1. The molecule has 1 aromatic heterocycles. The van der Waals surface area contributed by atoms with Crippen LogP contribution in [-0.2, 0) is 4.74 Å². The fourth-order valence-corrected chi connectivity index (χ4v) is 2.61. The van der Waals surface area contributed by atoms with Gasteiger partial charge in [-0.05, 0) is 25.1 Å². The van der Waals surface area contributed by atoms with E-state index in [0.717, 1.165) is 16.5 Å². The number of hydrogen-bond acceptors (Lipinski definition) is 3. The van der Waals surface area contributed by atoms with E-state index in [0.29, 0.717) is 31.3 Å². The third-order valence-corrected chi connectivity index (χ3v) is 3.82. The Morgan fingerprint density at radius 1 is 1.45 bits per heavy atom. The summed E-state index contributed by atoms with van der Waals surface area (Å²) < 4.78 is 11.1. The maximum absolute atomic E-state index is 12.4. The summed E-state index contributed by atoms with van der Waals surface area (Å²) in [6.07, 6.45) is -0.0963. The van der Waals surface area contributed by atoms with Crippen LogP contribution in [0, 0.1) is 6.92 Å². The van der Waals surface area contributed by atoms with Crippen molar-refractivity contribution in [3.8, 4) is 0 Å². The van der Waals surface area contributed by atoms with E-state index >= 15 is 0 Å². The van der Waals surface area contributed by atoms with Gasteiger partial charge < -0.3 is 14.1 Å². The van der Waals surface area contributed by atoms with Gasteiger partial charge in [0.25, 0.3) is 5.91 Å². The highest BCUT2D eigenvalue weighted by Crippen LogP contribution is 2.22. The number of benzene rings is 1. The Morgan fingerprint density at radius 3 is 3.10 bits per heavy atom. The van der Waals surface area contributed by atoms with E-state index in [-0.39, 0.29) is 12.0 Å². The number of amides is 1. The molecule has 0 N–H and O–H groups in total. The van der Waals surface area contributed by atoms with Gasteiger partial charge in [0.15, 0.2) is 5.76 Å². The Hall–Kier alpha value is -1.52. The number of rotatable bonds is 2. The van der Waals surface area contributed by atoms with Crippen molar-refractivity contribution in [1.29, 1.82) is 0 Å². The topological polar surface area (TPSA) is 42.7 Å². The summed E-state index contributed by atoms with van der Waals surface area (Å²) >= 11 is 5.79. The molecule has 1 saturated heterocycles. The minimum atomic E-state index is -0.0998. The minimum absolute atomic E-state index is 0.0963. The van der Waals surface area contributed by atoms with E-state index in [1.807, 2.05) is 25.1 Å². The highest BCUT2D eigenvalue weighted by atomic mass is 35.5. The van der Waals surface area contributed by atoms with E-state index in [4.69, 9.17) is 20.8 Å². The molecule has 0 bridgehead atoms. The van der Waals surface area contributed by atoms with Gasteiger partial charge in [0.1, 0.15) is 5.58 Å². The Morgan fingerprint density at radius 2 is 2.30 bits per heavy atom. The molecule has 1 fully saturated rings. The number of carbonyl (C=O) groups excluding carboxylic acids is 1. The van der Waals surface area contributed by atoms with Gasteiger partial charge in [-0.15, -0.1) is 11.6 Å². The summed E-state index contributed by atoms with van der Waals surface area (Å²) in [5.41, 5.74) is 1.88. The van der Waals surface area contributed by atoms with Gasteiger partial charge in [-0.1, -0.05) is 11.6 Å². The summed E-state index contributed by atoms with van der Waals surface area (Å²) in [5, 5.41) is 0.954. The molecule has 5 heteroatoms. The van der Waals surface area contributed by atoms with E-state index in [9.17, 15) is 4.79 Å². The first-order valence-electron chi connectivity index (χ1n) is 6.64. The highest BCUT2D eigenvalue weighted by molar-refractivity contribution is 6.18. The van der Waals surface area contributed by atoms with Crippen LogP contribution in [0.15, 0.2) is 28.7 Å². The average molecular weight is 294 g/mol. The maximum Gasteiger partial charge on any atom is 0.289 e. The minimum Gasteiger partial charge on any atom is -0.451 e. The van der Waals surface area contributed by atoms with Gasteiger partial charge in [-0.2, -0.15) is 0 Å². The van der Waals surface area contributed by atoms with Crippen molar-refractivity contribution in [2.45, 2.75) is 13.0 Å². The average Bonchev–Trinajstić information content (AvgIpc) is 2.89. The molecule has 0 spiro atoms. The summed E-state index contributed by atoms with van der Waals surface area (Å²) in [5.74, 6) is 0.668. The first-order valence-corrected chi connectivity index (χ1v) is 7.18. The first kappa shape index (κ1) is 13.5. The number of ether oxygens (including phenoxy) is 1. The number of furan rings is 1. The van der Waals surface area contributed by atoms with Crippen molar-refractivity contribution in [2.24, 2.45) is 0 Å². The number of halogens is 1. The molecule has 2 aromatic rings. The van der Waals surface area contributed by atoms with Crippen molar-refractivity contribution in [2.75, 3.05) is 25.6 Å². The van der Waals surface area contributed by atoms with Crippen molar-refractivity contribution in [3.05, 3.63) is 35.6 Å². The van der Waals surface area contributed by atoms with Crippen LogP contribution < -0.4 is 0 Å². The number of hydrogen-bond donors (Lipinski definition) is 0. The lowest BCUT2D eigenvalue weighted by molar-refractivity contribution is -0.0118. The zero-order valence-corrected chi connectivity index (χ0v) is 12.0. The molecule has 0 radical (unpaired) electrons. The Kier molecular flexibility index (Phi) is 3.68. The first-order chi connectivity index (χ1) is 9.67. The van der Waals surface area contributed by atoms with Crippen LogP contribution in [0.2, 0.25) is 0 Å². The summed E-state index contributed by atoms with van der Waals surface area (Å²) in [6, 6.07) is 7.67. The maximum atomic E-state index is 12.4. The lowest BCUT2D eigenvalue weighted by atomic mass is 10.2. The van der Waals surface area contributed by atoms with Crippen LogP contribution in [0.5, 0.6) is 0 Å². The predicted octanol–water partition coefficient (Wildman–Crippen LogP) is 2.82. The van der Waals surface area contributed by atoms with Gasteiger partial charge in [-0.25, -0.2) is 0 Å². The second kappa shape index (κ2) is 5.46. The standard InChI is InChI=1S/C15H16ClNO3/c1-10-2-3-13-11(6-10)7-14(20-13)15(18)17-4-5-19-12(8-16)9-17/h2-3,6-7,12H,4-5,8-9H2,1H3. The number of aryl methyl sites for hydroxylation is 1. The largest absolute Gasteiger partial charge is 0.451 e. The molecule has 106 valence electrons. The molecule has 2 heterocycles. The van der Waals surface area contributed by atoms with Gasteiger partial charge in [0, 0.05) is 18.5 Å². The highest BCUT2D eigenvalue weighted by Gasteiger charge is 2.26. The third-order valence-electron chi connectivity index (χ3n) is 3.48. The predicted molar refractivity (Wildman–Crippen MR) is 77.3 cm³/mol. The molecular weight excluding hydrogens is 278 g/mol. The normalized spacial score (nSPS) is 19.5. The molecule has 4 nitrogen and oxygen atoms in total. The number of morpholine rings is 1. The van der Waals surface area contributed by atoms with Crippen molar-refractivity contribution < 1.29 is 13.9 Å². The lowest BCUT2D eigenvalue weighted by Gasteiger charge is -2.31. The molecule has 3 rings (SSSR count). The molecule has 1 aliphatic rings. The summed E-state index contributed by atoms with van der Waals surface area (Å²) in [4.78, 5) is 14.2. The van der Waals surface area contributed by atoms with Crippen LogP contribution in [0.4, 0.5) is 0 Å². The Labute approximate surface area is 122 Å². The van der Waals surface area contributed by atoms with Gasteiger partial charge in [0.05, 0.1) is 18.6 Å². The molecular formula is C15H16ClNO3. The second-order valence-corrected chi connectivity index (χ2v) is 5.36. The van der Waals surface area contributed by atoms with E-state index in [1.54, 1.807) is 11.0 Å². The van der Waals surface area contributed by atoms with Crippen molar-refractivity contribution >= 4 is 28.5 Å². The van der Waals surface area contributed by atoms with Gasteiger partial charge >= 0.3 is 0 Å². The Bertz CT molecular complexity index is 637.